The van der Waals surface area contributed by atoms with Crippen LogP contribution < -0.4 is 4.74 Å². The highest BCUT2D eigenvalue weighted by molar-refractivity contribution is 5.84. The number of pyridine rings is 1. The molecule has 0 bridgehead atoms. The quantitative estimate of drug-likeness (QED) is 0.314. The Morgan fingerprint density at radius 3 is 2.65 bits per heavy atom. The van der Waals surface area contributed by atoms with Gasteiger partial charge in [-0.05, 0) is 71.1 Å². The summed E-state index contributed by atoms with van der Waals surface area (Å²) in [5, 5.41) is 8.55. The summed E-state index contributed by atoms with van der Waals surface area (Å²) in [5.41, 5.74) is 5.41. The summed E-state index contributed by atoms with van der Waals surface area (Å²) in [6, 6.07) is 20.8. The molecule has 6 heteroatoms. The lowest BCUT2D eigenvalue weighted by Gasteiger charge is -2.07. The first-order chi connectivity index (χ1) is 16.6. The Balaban J connectivity index is 1.22. The molecule has 0 aliphatic rings. The minimum Gasteiger partial charge on any atom is -0.484 e. The second-order valence-corrected chi connectivity index (χ2v) is 7.96. The molecule has 0 radical (unpaired) electrons. The van der Waals surface area contributed by atoms with Crippen LogP contribution in [0, 0.1) is 5.82 Å². The number of nitrogens with one attached hydrogen (secondary N) is 1. The first-order valence-corrected chi connectivity index (χ1v) is 10.9. The molecule has 0 spiro atoms. The van der Waals surface area contributed by atoms with E-state index in [1.54, 1.807) is 18.3 Å². The highest BCUT2D eigenvalue weighted by atomic mass is 19.1. The van der Waals surface area contributed by atoms with E-state index in [0.29, 0.717) is 0 Å². The summed E-state index contributed by atoms with van der Waals surface area (Å²) in [5.74, 6) is -0.220. The molecule has 5 rings (SSSR count). The molecular weight excluding hydrogens is 427 g/mol. The van der Waals surface area contributed by atoms with Crippen LogP contribution in [-0.2, 0) is 13.7 Å². The Labute approximate surface area is 196 Å². The lowest BCUT2D eigenvalue weighted by molar-refractivity contribution is 0.286. The molecule has 0 fully saturated rings. The van der Waals surface area contributed by atoms with Gasteiger partial charge < -0.3 is 9.30 Å². The Hall–Kier alpha value is -4.45. The van der Waals surface area contributed by atoms with Gasteiger partial charge in [0, 0.05) is 25.0 Å². The summed E-state index contributed by atoms with van der Waals surface area (Å²) < 4.78 is 22.1. The zero-order valence-corrected chi connectivity index (χ0v) is 18.6. The van der Waals surface area contributed by atoms with E-state index < -0.39 is 5.82 Å². The van der Waals surface area contributed by atoms with Crippen LogP contribution in [0.4, 0.5) is 4.39 Å². The van der Waals surface area contributed by atoms with Crippen LogP contribution >= 0.6 is 0 Å². The number of benzene rings is 2. The van der Waals surface area contributed by atoms with Crippen molar-refractivity contribution in [2.24, 2.45) is 7.05 Å². The SMILES string of the molecule is Cn1ccc2ccc(C=Cc3cc(/C=C/c4ccc(OCc5ccccn5)c(F)c4)n[nH]3)cc21. The number of ether oxygens (including phenoxy) is 1. The van der Waals surface area contributed by atoms with Gasteiger partial charge in [-0.1, -0.05) is 36.4 Å². The second-order valence-electron chi connectivity index (χ2n) is 7.96. The largest absolute Gasteiger partial charge is 0.484 e. The third-order valence-corrected chi connectivity index (χ3v) is 5.49. The maximum atomic E-state index is 14.4. The van der Waals surface area contributed by atoms with E-state index in [1.807, 2.05) is 55.6 Å². The van der Waals surface area contributed by atoms with E-state index in [9.17, 15) is 4.39 Å². The van der Waals surface area contributed by atoms with E-state index in [0.717, 1.165) is 28.2 Å². The number of aryl methyl sites for hydroxylation is 1. The fourth-order valence-corrected chi connectivity index (χ4v) is 3.65. The van der Waals surface area contributed by atoms with Gasteiger partial charge in [0.2, 0.25) is 0 Å². The van der Waals surface area contributed by atoms with Gasteiger partial charge in [0.05, 0.1) is 17.1 Å². The van der Waals surface area contributed by atoms with Crippen molar-refractivity contribution < 1.29 is 9.13 Å². The van der Waals surface area contributed by atoms with Gasteiger partial charge in [-0.15, -0.1) is 0 Å². The minimum atomic E-state index is -0.418. The molecule has 3 heterocycles. The van der Waals surface area contributed by atoms with Crippen molar-refractivity contribution in [3.63, 3.8) is 0 Å². The number of H-pyrrole nitrogens is 1. The monoisotopic (exact) mass is 450 g/mol. The highest BCUT2D eigenvalue weighted by Crippen LogP contribution is 2.21. The molecule has 1 N–H and O–H groups in total. The number of hydrogen-bond acceptors (Lipinski definition) is 3. The number of aromatic nitrogens is 4. The van der Waals surface area contributed by atoms with Crippen molar-refractivity contribution in [1.29, 1.82) is 0 Å². The summed E-state index contributed by atoms with van der Waals surface area (Å²) in [4.78, 5) is 4.18. The maximum Gasteiger partial charge on any atom is 0.165 e. The van der Waals surface area contributed by atoms with Crippen molar-refractivity contribution in [2.75, 3.05) is 0 Å². The second kappa shape index (κ2) is 9.58. The zero-order valence-electron chi connectivity index (χ0n) is 18.6. The van der Waals surface area contributed by atoms with Crippen molar-refractivity contribution in [1.82, 2.24) is 19.7 Å². The standard InChI is InChI=1S/C28H23FN4O/c1-33-15-13-22-9-5-21(17-27(22)33)7-11-24-18-23(31-32-24)10-6-20-8-12-28(26(29)16-20)34-19-25-4-2-3-14-30-25/h2-18H,19H2,1H3,(H,31,32)/b10-6+,11-7?. The Morgan fingerprint density at radius 1 is 0.941 bits per heavy atom. The number of rotatable bonds is 7. The molecule has 0 atom stereocenters. The first kappa shape index (κ1) is 21.4. The molecule has 5 aromatic rings. The smallest absolute Gasteiger partial charge is 0.165 e. The third-order valence-electron chi connectivity index (χ3n) is 5.49. The molecule has 5 nitrogen and oxygen atoms in total. The molecule has 0 unspecified atom stereocenters. The van der Waals surface area contributed by atoms with E-state index in [-0.39, 0.29) is 12.4 Å². The van der Waals surface area contributed by atoms with E-state index in [4.69, 9.17) is 4.74 Å². The number of halogens is 1. The Kier molecular flexibility index (Phi) is 6.03. The Bertz CT molecular complexity index is 1480. The highest BCUT2D eigenvalue weighted by Gasteiger charge is 2.05. The molecule has 0 amide bonds. The predicted octanol–water partition coefficient (Wildman–Crippen LogP) is 6.36. The summed E-state index contributed by atoms with van der Waals surface area (Å²) >= 11 is 0. The van der Waals surface area contributed by atoms with Crippen molar-refractivity contribution in [3.05, 3.63) is 113 Å². The van der Waals surface area contributed by atoms with Crippen LogP contribution in [0.3, 0.4) is 0 Å². The van der Waals surface area contributed by atoms with Gasteiger partial charge >= 0.3 is 0 Å². The van der Waals surface area contributed by atoms with Crippen LogP contribution in [0.25, 0.3) is 35.2 Å². The van der Waals surface area contributed by atoms with Gasteiger partial charge in [0.15, 0.2) is 11.6 Å². The molecule has 0 saturated heterocycles. The maximum absolute atomic E-state index is 14.4. The molecule has 0 aliphatic carbocycles. The first-order valence-electron chi connectivity index (χ1n) is 10.9. The van der Waals surface area contributed by atoms with Gasteiger partial charge in [0.25, 0.3) is 0 Å². The average molecular weight is 451 g/mol. The molecule has 3 aromatic heterocycles. The zero-order chi connectivity index (χ0) is 23.3. The number of aromatic amines is 1. The summed E-state index contributed by atoms with van der Waals surface area (Å²) in [7, 11) is 2.04. The Morgan fingerprint density at radius 2 is 1.79 bits per heavy atom. The van der Waals surface area contributed by atoms with Gasteiger partial charge in [-0.3, -0.25) is 10.1 Å². The van der Waals surface area contributed by atoms with E-state index >= 15 is 0 Å². The van der Waals surface area contributed by atoms with Gasteiger partial charge in [-0.25, -0.2) is 4.39 Å². The molecule has 168 valence electrons. The van der Waals surface area contributed by atoms with E-state index in [2.05, 4.69) is 50.2 Å². The molecule has 34 heavy (non-hydrogen) atoms. The lowest BCUT2D eigenvalue weighted by Crippen LogP contribution is -1.99. The van der Waals surface area contributed by atoms with Crippen molar-refractivity contribution in [2.45, 2.75) is 6.61 Å². The van der Waals surface area contributed by atoms with Crippen molar-refractivity contribution >= 4 is 35.2 Å². The van der Waals surface area contributed by atoms with Crippen LogP contribution in [0.1, 0.15) is 28.2 Å². The number of fused-ring (bicyclic) bond motifs is 1. The molecule has 2 aromatic carbocycles. The van der Waals surface area contributed by atoms with E-state index in [1.165, 1.54) is 17.0 Å². The normalized spacial score (nSPS) is 11.7. The lowest BCUT2D eigenvalue weighted by atomic mass is 10.1. The molecule has 0 saturated carbocycles. The van der Waals surface area contributed by atoms with Gasteiger partial charge in [-0.2, -0.15) is 5.10 Å². The average Bonchev–Trinajstić information content (AvgIpc) is 3.48. The van der Waals surface area contributed by atoms with Crippen LogP contribution in [0.5, 0.6) is 5.75 Å². The van der Waals surface area contributed by atoms with Crippen molar-refractivity contribution in [3.8, 4) is 5.75 Å². The molecule has 0 aliphatic heterocycles. The van der Waals surface area contributed by atoms with Crippen LogP contribution in [-0.4, -0.2) is 19.7 Å². The van der Waals surface area contributed by atoms with Crippen LogP contribution in [0.15, 0.2) is 79.1 Å². The summed E-state index contributed by atoms with van der Waals surface area (Å²) in [6.07, 6.45) is 11.4. The van der Waals surface area contributed by atoms with Crippen LogP contribution in [0.2, 0.25) is 0 Å². The molecular formula is C28H23FN4O. The number of hydrogen-bond donors (Lipinski definition) is 1. The summed E-state index contributed by atoms with van der Waals surface area (Å²) in [6.45, 7) is 0.218. The predicted molar refractivity (Wildman–Crippen MR) is 134 cm³/mol. The van der Waals surface area contributed by atoms with Gasteiger partial charge in [0.1, 0.15) is 6.61 Å². The minimum absolute atomic E-state index is 0.198. The number of nitrogens with zero attached hydrogens (tertiary/aromatic N) is 3. The topological polar surface area (TPSA) is 55.7 Å². The fourth-order valence-electron chi connectivity index (χ4n) is 3.65. The third kappa shape index (κ3) is 4.96. The fraction of sp³-hybridized carbons (Fsp3) is 0.0714.